The van der Waals surface area contributed by atoms with Gasteiger partial charge in [0.05, 0.1) is 0 Å². The first-order chi connectivity index (χ1) is 3.72. The van der Waals surface area contributed by atoms with Crippen LogP contribution in [0, 0.1) is 0 Å². The third-order valence-electron chi connectivity index (χ3n) is 0.669. The topological polar surface area (TPSA) is 81.1 Å². The lowest BCUT2D eigenvalue weighted by atomic mass is 10.5. The minimum absolute atomic E-state index is 0.0347. The summed E-state index contributed by atoms with van der Waals surface area (Å²) in [5, 5.41) is 2.30. The fourth-order valence-electron chi connectivity index (χ4n) is 0.220. The number of carbonyl (C=O) groups excluding carboxylic acids is 1. The van der Waals surface area contributed by atoms with Gasteiger partial charge < -0.3 is 16.8 Å². The van der Waals surface area contributed by atoms with Crippen molar-refractivity contribution >= 4 is 5.91 Å². The minimum Gasteiger partial charge on any atom is -0.403 e. The molecule has 0 rings (SSSR count). The maximum atomic E-state index is 10.4. The van der Waals surface area contributed by atoms with Crippen LogP contribution in [0.1, 0.15) is 0 Å². The lowest BCUT2D eigenvalue weighted by Crippen LogP contribution is -2.25. The van der Waals surface area contributed by atoms with Crippen LogP contribution in [-0.2, 0) is 4.79 Å². The predicted molar refractivity (Wildman–Crippen MR) is 30.5 cm³/mol. The summed E-state index contributed by atoms with van der Waals surface area (Å²) in [7, 11) is 1.48. The van der Waals surface area contributed by atoms with E-state index in [1.54, 1.807) is 0 Å². The van der Waals surface area contributed by atoms with Crippen LogP contribution in [0.3, 0.4) is 0 Å². The van der Waals surface area contributed by atoms with Crippen LogP contribution in [0.5, 0.6) is 0 Å². The number of nitrogens with two attached hydrogens (primary N) is 2. The molecule has 0 spiro atoms. The summed E-state index contributed by atoms with van der Waals surface area (Å²) >= 11 is 0. The zero-order valence-electron chi connectivity index (χ0n) is 4.64. The molecule has 0 aromatic carbocycles. The molecule has 5 N–H and O–H groups in total. The molecule has 0 aliphatic carbocycles. The minimum atomic E-state index is -0.354. The van der Waals surface area contributed by atoms with Crippen LogP contribution >= 0.6 is 0 Å². The third kappa shape index (κ3) is 1.51. The standard InChI is InChI=1S/C4H9N3O/c1-7-4(8)3(6)2-5/h2H,5-6H2,1H3,(H,7,8)/b3-2-. The van der Waals surface area contributed by atoms with Crippen LogP contribution in [0.25, 0.3) is 0 Å². The Morgan fingerprint density at radius 2 is 2.25 bits per heavy atom. The van der Waals surface area contributed by atoms with Crippen molar-refractivity contribution in [1.29, 1.82) is 0 Å². The van der Waals surface area contributed by atoms with Crippen molar-refractivity contribution < 1.29 is 4.79 Å². The van der Waals surface area contributed by atoms with Gasteiger partial charge in [0, 0.05) is 13.2 Å². The first kappa shape index (κ1) is 6.81. The quantitative estimate of drug-likeness (QED) is 0.363. The van der Waals surface area contributed by atoms with Gasteiger partial charge in [-0.1, -0.05) is 0 Å². The molecule has 0 aliphatic heterocycles. The van der Waals surface area contributed by atoms with Crippen LogP contribution < -0.4 is 16.8 Å². The predicted octanol–water partition coefficient (Wildman–Crippen LogP) is -1.51. The van der Waals surface area contributed by atoms with E-state index < -0.39 is 0 Å². The average Bonchev–Trinajstić information content (AvgIpc) is 1.84. The van der Waals surface area contributed by atoms with Gasteiger partial charge >= 0.3 is 0 Å². The molecule has 0 fully saturated rings. The maximum absolute atomic E-state index is 10.4. The lowest BCUT2D eigenvalue weighted by Gasteiger charge is -1.94. The van der Waals surface area contributed by atoms with Gasteiger partial charge in [0.25, 0.3) is 5.91 Å². The molecule has 0 heterocycles. The lowest BCUT2D eigenvalue weighted by molar-refractivity contribution is -0.117. The van der Waals surface area contributed by atoms with E-state index in [4.69, 9.17) is 11.5 Å². The van der Waals surface area contributed by atoms with Crippen molar-refractivity contribution in [3.05, 3.63) is 11.9 Å². The van der Waals surface area contributed by atoms with Crippen molar-refractivity contribution in [2.75, 3.05) is 7.05 Å². The zero-order chi connectivity index (χ0) is 6.57. The molecule has 4 nitrogen and oxygen atoms in total. The Morgan fingerprint density at radius 1 is 1.75 bits per heavy atom. The van der Waals surface area contributed by atoms with E-state index in [0.29, 0.717) is 0 Å². The number of amides is 1. The second kappa shape index (κ2) is 2.90. The largest absolute Gasteiger partial charge is 0.403 e. The Balaban J connectivity index is 3.83. The molecule has 0 saturated carbocycles. The molecule has 0 radical (unpaired) electrons. The van der Waals surface area contributed by atoms with Gasteiger partial charge in [0.1, 0.15) is 5.70 Å². The number of nitrogens with one attached hydrogen (secondary N) is 1. The fourth-order valence-corrected chi connectivity index (χ4v) is 0.220. The first-order valence-electron chi connectivity index (χ1n) is 2.11. The van der Waals surface area contributed by atoms with E-state index in [-0.39, 0.29) is 11.6 Å². The highest BCUT2D eigenvalue weighted by Crippen LogP contribution is 1.74. The highest BCUT2D eigenvalue weighted by Gasteiger charge is 1.96. The molecule has 0 aromatic heterocycles. The highest BCUT2D eigenvalue weighted by molar-refractivity contribution is 5.91. The van der Waals surface area contributed by atoms with E-state index in [9.17, 15) is 4.79 Å². The van der Waals surface area contributed by atoms with E-state index >= 15 is 0 Å². The van der Waals surface area contributed by atoms with Crippen molar-refractivity contribution in [2.45, 2.75) is 0 Å². The molecule has 0 aromatic rings. The molecule has 0 atom stereocenters. The summed E-state index contributed by atoms with van der Waals surface area (Å²) in [5.41, 5.74) is 9.99. The number of likely N-dealkylation sites (N-methyl/N-ethyl adjacent to an activating group) is 1. The van der Waals surface area contributed by atoms with Gasteiger partial charge in [-0.25, -0.2) is 0 Å². The molecule has 46 valence electrons. The molecule has 0 unspecified atom stereocenters. The molecular weight excluding hydrogens is 106 g/mol. The highest BCUT2D eigenvalue weighted by atomic mass is 16.1. The Labute approximate surface area is 47.5 Å². The normalized spacial score (nSPS) is 10.9. The fraction of sp³-hybridized carbons (Fsp3) is 0.250. The Kier molecular flexibility index (Phi) is 2.47. The van der Waals surface area contributed by atoms with Gasteiger partial charge in [-0.05, 0) is 0 Å². The van der Waals surface area contributed by atoms with E-state index in [2.05, 4.69) is 5.32 Å². The van der Waals surface area contributed by atoms with E-state index in [1.807, 2.05) is 0 Å². The Hall–Kier alpha value is -1.19. The molecule has 1 amide bonds. The zero-order valence-corrected chi connectivity index (χ0v) is 4.64. The Bertz CT molecular complexity index is 118. The number of hydrogen-bond acceptors (Lipinski definition) is 3. The summed E-state index contributed by atoms with van der Waals surface area (Å²) in [6.45, 7) is 0. The summed E-state index contributed by atoms with van der Waals surface area (Å²) in [5.74, 6) is -0.354. The monoisotopic (exact) mass is 115 g/mol. The first-order valence-corrected chi connectivity index (χ1v) is 2.11. The smallest absolute Gasteiger partial charge is 0.268 e. The van der Waals surface area contributed by atoms with Gasteiger partial charge in [-0.15, -0.1) is 0 Å². The number of carbonyl (C=O) groups is 1. The van der Waals surface area contributed by atoms with Crippen molar-refractivity contribution in [2.24, 2.45) is 11.5 Å². The SMILES string of the molecule is CNC(=O)/C(N)=C/N. The molecule has 8 heavy (non-hydrogen) atoms. The third-order valence-corrected chi connectivity index (χ3v) is 0.669. The molecule has 0 aliphatic rings. The van der Waals surface area contributed by atoms with Crippen molar-refractivity contribution in [1.82, 2.24) is 5.32 Å². The Morgan fingerprint density at radius 3 is 2.38 bits per heavy atom. The van der Waals surface area contributed by atoms with Crippen LogP contribution in [0.2, 0.25) is 0 Å². The maximum Gasteiger partial charge on any atom is 0.268 e. The average molecular weight is 115 g/mol. The molecule has 0 bridgehead atoms. The van der Waals surface area contributed by atoms with Crippen LogP contribution in [0.4, 0.5) is 0 Å². The molecule has 0 saturated heterocycles. The second-order valence-corrected chi connectivity index (χ2v) is 1.20. The van der Waals surface area contributed by atoms with Gasteiger partial charge in [0.15, 0.2) is 0 Å². The number of hydrogen-bond donors (Lipinski definition) is 3. The summed E-state index contributed by atoms with van der Waals surface area (Å²) < 4.78 is 0. The van der Waals surface area contributed by atoms with Gasteiger partial charge in [0.2, 0.25) is 0 Å². The van der Waals surface area contributed by atoms with Gasteiger partial charge in [-0.2, -0.15) is 0 Å². The van der Waals surface area contributed by atoms with Gasteiger partial charge in [-0.3, -0.25) is 4.79 Å². The summed E-state index contributed by atoms with van der Waals surface area (Å²) in [4.78, 5) is 10.4. The summed E-state index contributed by atoms with van der Waals surface area (Å²) in [6.07, 6.45) is 1.05. The summed E-state index contributed by atoms with van der Waals surface area (Å²) in [6, 6.07) is 0. The second-order valence-electron chi connectivity index (χ2n) is 1.20. The van der Waals surface area contributed by atoms with Crippen molar-refractivity contribution in [3.8, 4) is 0 Å². The van der Waals surface area contributed by atoms with E-state index in [1.165, 1.54) is 7.05 Å². The van der Waals surface area contributed by atoms with Crippen LogP contribution in [0.15, 0.2) is 11.9 Å². The van der Waals surface area contributed by atoms with Crippen LogP contribution in [-0.4, -0.2) is 13.0 Å². The van der Waals surface area contributed by atoms with Crippen molar-refractivity contribution in [3.63, 3.8) is 0 Å². The molecule has 4 heteroatoms. The van der Waals surface area contributed by atoms with E-state index in [0.717, 1.165) is 6.20 Å². The number of rotatable bonds is 1. The molecular formula is C4H9N3O.